The number of hydrogen-bond donors (Lipinski definition) is 2. The molecule has 0 saturated carbocycles. The van der Waals surface area contributed by atoms with Crippen LogP contribution in [0.15, 0.2) is 11.2 Å². The fourth-order valence-corrected chi connectivity index (χ4v) is 3.21. The van der Waals surface area contributed by atoms with Crippen LogP contribution in [0.1, 0.15) is 29.8 Å². The second-order valence-electron chi connectivity index (χ2n) is 6.55. The van der Waals surface area contributed by atoms with E-state index in [-0.39, 0.29) is 17.7 Å². The second-order valence-corrected chi connectivity index (χ2v) is 6.55. The lowest BCUT2D eigenvalue weighted by Crippen LogP contribution is -2.53. The Morgan fingerprint density at radius 3 is 2.36 bits per heavy atom. The van der Waals surface area contributed by atoms with E-state index in [4.69, 9.17) is 0 Å². The van der Waals surface area contributed by atoms with Gasteiger partial charge in [-0.25, -0.2) is 5.43 Å². The van der Waals surface area contributed by atoms with Gasteiger partial charge in [0.2, 0.25) is 11.8 Å². The van der Waals surface area contributed by atoms with Gasteiger partial charge in [-0.2, -0.15) is 5.10 Å². The molecule has 0 radical (unpaired) electrons. The van der Waals surface area contributed by atoms with Crippen molar-refractivity contribution in [2.75, 3.05) is 26.2 Å². The summed E-state index contributed by atoms with van der Waals surface area (Å²) in [4.78, 5) is 42.7. The van der Waals surface area contributed by atoms with Crippen LogP contribution in [0.5, 0.6) is 0 Å². The van der Waals surface area contributed by atoms with Crippen molar-refractivity contribution in [3.8, 4) is 0 Å². The molecule has 1 aromatic heterocycles. The Kier molecular flexibility index (Phi) is 4.87. The predicted octanol–water partition coefficient (Wildman–Crippen LogP) is 0.111. The number of H-pyrrole nitrogens is 1. The van der Waals surface area contributed by atoms with Crippen LogP contribution in [0.4, 0.5) is 0 Å². The van der Waals surface area contributed by atoms with Gasteiger partial charge in [0.1, 0.15) is 5.71 Å². The summed E-state index contributed by atoms with van der Waals surface area (Å²) in [7, 11) is 0. The molecule has 1 aromatic rings. The number of rotatable bonds is 3. The molecule has 3 amide bonds. The maximum atomic E-state index is 12.5. The van der Waals surface area contributed by atoms with Gasteiger partial charge in [0.15, 0.2) is 0 Å². The molecule has 3 rings (SSSR count). The molecule has 0 atom stereocenters. The highest BCUT2D eigenvalue weighted by atomic mass is 16.2. The molecule has 0 bridgehead atoms. The van der Waals surface area contributed by atoms with Crippen molar-refractivity contribution in [1.29, 1.82) is 0 Å². The highest BCUT2D eigenvalue weighted by molar-refractivity contribution is 6.39. The van der Waals surface area contributed by atoms with Gasteiger partial charge >= 0.3 is 0 Å². The number of aromatic amines is 1. The molecular weight excluding hydrogens is 322 g/mol. The third-order valence-electron chi connectivity index (χ3n) is 4.67. The third-order valence-corrected chi connectivity index (χ3v) is 4.67. The average Bonchev–Trinajstić information content (AvgIpc) is 2.92. The molecule has 0 aliphatic carbocycles. The number of aryl methyl sites for hydroxylation is 2. The molecule has 1 saturated heterocycles. The third kappa shape index (κ3) is 3.89. The van der Waals surface area contributed by atoms with E-state index in [1.165, 1.54) is 0 Å². The van der Waals surface area contributed by atoms with Crippen LogP contribution >= 0.6 is 0 Å². The largest absolute Gasteiger partial charge is 0.362 e. The Labute approximate surface area is 146 Å². The molecule has 2 N–H and O–H groups in total. The van der Waals surface area contributed by atoms with Gasteiger partial charge in [-0.3, -0.25) is 14.4 Å². The van der Waals surface area contributed by atoms with Crippen molar-refractivity contribution in [1.82, 2.24) is 20.2 Å². The number of hydrazone groups is 1. The smallest absolute Gasteiger partial charge is 0.270 e. The highest BCUT2D eigenvalue weighted by Gasteiger charge is 2.28. The predicted molar refractivity (Wildman–Crippen MR) is 91.9 cm³/mol. The van der Waals surface area contributed by atoms with Gasteiger partial charge in [-0.1, -0.05) is 0 Å². The Morgan fingerprint density at radius 1 is 1.12 bits per heavy atom. The van der Waals surface area contributed by atoms with E-state index in [1.54, 1.807) is 9.80 Å². The number of amides is 3. The van der Waals surface area contributed by atoms with E-state index in [0.717, 1.165) is 17.0 Å². The van der Waals surface area contributed by atoms with Crippen LogP contribution < -0.4 is 5.43 Å². The van der Waals surface area contributed by atoms with Crippen LogP contribution in [0.2, 0.25) is 0 Å². The Morgan fingerprint density at radius 2 is 1.80 bits per heavy atom. The zero-order valence-electron chi connectivity index (χ0n) is 14.6. The fraction of sp³-hybridized carbons (Fsp3) is 0.529. The fourth-order valence-electron chi connectivity index (χ4n) is 3.21. The lowest BCUT2D eigenvalue weighted by atomic mass is 10.1. The summed E-state index contributed by atoms with van der Waals surface area (Å²) in [6.45, 7) is 5.96. The molecule has 0 aromatic carbocycles. The van der Waals surface area contributed by atoms with Crippen molar-refractivity contribution in [2.24, 2.45) is 5.10 Å². The molecule has 25 heavy (non-hydrogen) atoms. The van der Waals surface area contributed by atoms with Crippen LogP contribution in [-0.2, 0) is 20.8 Å². The molecule has 8 heteroatoms. The highest BCUT2D eigenvalue weighted by Crippen LogP contribution is 2.13. The lowest BCUT2D eigenvalue weighted by molar-refractivity contribution is -0.136. The second kappa shape index (κ2) is 7.08. The molecule has 3 heterocycles. The van der Waals surface area contributed by atoms with Gasteiger partial charge in [0, 0.05) is 50.4 Å². The van der Waals surface area contributed by atoms with Gasteiger partial charge < -0.3 is 14.8 Å². The normalized spacial score (nSPS) is 18.0. The average molecular weight is 345 g/mol. The Hall–Kier alpha value is -2.64. The quantitative estimate of drug-likeness (QED) is 0.813. The van der Waals surface area contributed by atoms with Crippen molar-refractivity contribution in [2.45, 2.75) is 33.1 Å². The van der Waals surface area contributed by atoms with Crippen molar-refractivity contribution < 1.29 is 14.4 Å². The Balaban J connectivity index is 1.53. The number of carbonyl (C=O) groups is 3. The molecule has 2 aliphatic heterocycles. The van der Waals surface area contributed by atoms with Crippen molar-refractivity contribution in [3.63, 3.8) is 0 Å². The summed E-state index contributed by atoms with van der Waals surface area (Å²) < 4.78 is 0. The standard InChI is InChI=1S/C17H23N5O3/c1-11-9-13(12(2)18-11)10-16(24)21-5-7-22(8-6-21)17(25)14-3-4-15(23)20-19-14/h9,18H,3-8,10H2,1-2H3,(H,20,23). The van der Waals surface area contributed by atoms with Gasteiger partial charge in [-0.05, 0) is 25.5 Å². The number of piperazine rings is 1. The van der Waals surface area contributed by atoms with E-state index in [2.05, 4.69) is 15.5 Å². The van der Waals surface area contributed by atoms with Gasteiger partial charge in [-0.15, -0.1) is 0 Å². The summed E-state index contributed by atoms with van der Waals surface area (Å²) in [5, 5.41) is 3.85. The SMILES string of the molecule is Cc1cc(CC(=O)N2CCN(C(=O)C3=NNC(=O)CC3)CC2)c(C)[nH]1. The topological polar surface area (TPSA) is 97.9 Å². The molecule has 134 valence electrons. The first kappa shape index (κ1) is 17.2. The minimum Gasteiger partial charge on any atom is -0.362 e. The van der Waals surface area contributed by atoms with Crippen LogP contribution in [0, 0.1) is 13.8 Å². The van der Waals surface area contributed by atoms with Crippen LogP contribution in [-0.4, -0.2) is 64.4 Å². The maximum Gasteiger partial charge on any atom is 0.270 e. The first-order chi connectivity index (χ1) is 11.9. The Bertz CT molecular complexity index is 729. The van der Waals surface area contributed by atoms with E-state index < -0.39 is 0 Å². The number of nitrogens with zero attached hydrogens (tertiary/aromatic N) is 3. The minimum absolute atomic E-state index is 0.0801. The molecule has 0 spiro atoms. The first-order valence-corrected chi connectivity index (χ1v) is 8.51. The van der Waals surface area contributed by atoms with E-state index in [0.29, 0.717) is 51.2 Å². The molecule has 1 fully saturated rings. The number of hydrogen-bond acceptors (Lipinski definition) is 4. The van der Waals surface area contributed by atoms with Gasteiger partial charge in [0.25, 0.3) is 5.91 Å². The van der Waals surface area contributed by atoms with Crippen molar-refractivity contribution >= 4 is 23.4 Å². The summed E-state index contributed by atoms with van der Waals surface area (Å²) >= 11 is 0. The van der Waals surface area contributed by atoms with Gasteiger partial charge in [0.05, 0.1) is 6.42 Å². The maximum absolute atomic E-state index is 12.5. The zero-order valence-corrected chi connectivity index (χ0v) is 14.6. The van der Waals surface area contributed by atoms with Crippen LogP contribution in [0.25, 0.3) is 0 Å². The summed E-state index contributed by atoms with van der Waals surface area (Å²) in [5.74, 6) is -0.233. The monoisotopic (exact) mass is 345 g/mol. The van der Waals surface area contributed by atoms with Crippen molar-refractivity contribution in [3.05, 3.63) is 23.0 Å². The summed E-state index contributed by atoms with van der Waals surface area (Å²) in [6.07, 6.45) is 1.04. The molecule has 8 nitrogen and oxygen atoms in total. The molecule has 2 aliphatic rings. The zero-order chi connectivity index (χ0) is 18.0. The lowest BCUT2D eigenvalue weighted by Gasteiger charge is -2.35. The number of aromatic nitrogens is 1. The molecular formula is C17H23N5O3. The number of carbonyl (C=O) groups excluding carboxylic acids is 3. The minimum atomic E-state index is -0.165. The van der Waals surface area contributed by atoms with E-state index in [1.807, 2.05) is 19.9 Å². The summed E-state index contributed by atoms with van der Waals surface area (Å²) in [5.41, 5.74) is 5.83. The van der Waals surface area contributed by atoms with Crippen LogP contribution in [0.3, 0.4) is 0 Å². The molecule has 0 unspecified atom stereocenters. The first-order valence-electron chi connectivity index (χ1n) is 8.51. The number of nitrogens with one attached hydrogen (secondary N) is 2. The van der Waals surface area contributed by atoms with E-state index >= 15 is 0 Å². The van der Waals surface area contributed by atoms with E-state index in [9.17, 15) is 14.4 Å². The summed E-state index contributed by atoms with van der Waals surface area (Å²) in [6, 6.07) is 2.00.